The van der Waals surface area contributed by atoms with E-state index in [2.05, 4.69) is 17.0 Å². The van der Waals surface area contributed by atoms with Crippen LogP contribution in [0.2, 0.25) is 5.02 Å². The van der Waals surface area contributed by atoms with E-state index in [9.17, 15) is 5.11 Å². The average Bonchev–Trinajstić information content (AvgIpc) is 2.47. The minimum Gasteiger partial charge on any atom is -0.390 e. The maximum Gasteiger partial charge on any atom is 0.0845 e. The number of nitrogens with zero attached hydrogens (tertiary/aromatic N) is 2. The van der Waals surface area contributed by atoms with Crippen LogP contribution in [0.5, 0.6) is 0 Å². The van der Waals surface area contributed by atoms with E-state index in [4.69, 9.17) is 11.6 Å². The molecule has 1 aliphatic rings. The quantitative estimate of drug-likeness (QED) is 0.918. The van der Waals surface area contributed by atoms with Crippen molar-refractivity contribution in [3.63, 3.8) is 0 Å². The third-order valence-electron chi connectivity index (χ3n) is 3.56. The van der Waals surface area contributed by atoms with Gasteiger partial charge in [-0.25, -0.2) is 0 Å². The summed E-state index contributed by atoms with van der Waals surface area (Å²) in [6.45, 7) is 1.17. The summed E-state index contributed by atoms with van der Waals surface area (Å²) in [4.78, 5) is 6.53. The molecule has 0 bridgehead atoms. The number of para-hydroxylation sites is 1. The number of rotatable bonds is 4. The summed E-state index contributed by atoms with van der Waals surface area (Å²) in [7, 11) is 3.93. The molecule has 5 heteroatoms. The average molecular weight is 335 g/mol. The highest BCUT2D eigenvalue weighted by Crippen LogP contribution is 2.48. The Kier molecular flexibility index (Phi) is 4.64. The minimum atomic E-state index is -0.432. The molecular weight excluding hydrogens is 316 g/mol. The third kappa shape index (κ3) is 3.25. The summed E-state index contributed by atoms with van der Waals surface area (Å²) < 4.78 is 0. The van der Waals surface area contributed by atoms with E-state index in [-0.39, 0.29) is 0 Å². The van der Waals surface area contributed by atoms with Crippen molar-refractivity contribution in [3.05, 3.63) is 47.5 Å². The van der Waals surface area contributed by atoms with Crippen LogP contribution in [0.3, 0.4) is 0 Å². The first-order valence-electron chi connectivity index (χ1n) is 7.21. The summed E-state index contributed by atoms with van der Waals surface area (Å²) in [6.07, 6.45) is -0.432. The first-order valence-corrected chi connectivity index (χ1v) is 8.41. The summed E-state index contributed by atoms with van der Waals surface area (Å²) in [6, 6.07) is 14.2. The van der Waals surface area contributed by atoms with E-state index in [0.717, 1.165) is 11.4 Å². The van der Waals surface area contributed by atoms with Crippen LogP contribution < -0.4 is 4.90 Å². The lowest BCUT2D eigenvalue weighted by Crippen LogP contribution is -2.36. The van der Waals surface area contributed by atoms with Crippen molar-refractivity contribution in [2.45, 2.75) is 15.9 Å². The van der Waals surface area contributed by atoms with Crippen molar-refractivity contribution in [1.82, 2.24) is 4.90 Å². The van der Waals surface area contributed by atoms with Crippen LogP contribution in [0.25, 0.3) is 0 Å². The molecule has 1 heterocycles. The van der Waals surface area contributed by atoms with Crippen molar-refractivity contribution in [2.75, 3.05) is 32.1 Å². The van der Waals surface area contributed by atoms with E-state index in [1.54, 1.807) is 11.8 Å². The molecule has 116 valence electrons. The SMILES string of the molecule is CN(C)CC(O)CN1c2ccccc2Sc2ccc(Cl)cc21. The largest absolute Gasteiger partial charge is 0.390 e. The molecule has 1 aliphatic heterocycles. The van der Waals surface area contributed by atoms with Gasteiger partial charge in [-0.05, 0) is 44.4 Å². The second kappa shape index (κ2) is 6.50. The number of hydrogen-bond acceptors (Lipinski definition) is 4. The topological polar surface area (TPSA) is 26.7 Å². The van der Waals surface area contributed by atoms with Gasteiger partial charge in [0, 0.05) is 21.4 Å². The van der Waals surface area contributed by atoms with E-state index >= 15 is 0 Å². The number of β-amino-alcohol motifs (C(OH)–C–C–N with tert-alkyl or cyclic N) is 1. The Labute approximate surface area is 140 Å². The number of fused-ring (bicyclic) bond motifs is 2. The van der Waals surface area contributed by atoms with Gasteiger partial charge < -0.3 is 14.9 Å². The van der Waals surface area contributed by atoms with Crippen molar-refractivity contribution in [3.8, 4) is 0 Å². The number of hydrogen-bond donors (Lipinski definition) is 1. The zero-order valence-corrected chi connectivity index (χ0v) is 14.2. The standard InChI is InChI=1S/C17H19ClN2OS/c1-19(2)10-13(21)11-20-14-5-3-4-6-16(14)22-17-8-7-12(18)9-15(17)20/h3-9,13,21H,10-11H2,1-2H3. The van der Waals surface area contributed by atoms with E-state index in [1.165, 1.54) is 9.79 Å². The molecule has 22 heavy (non-hydrogen) atoms. The maximum absolute atomic E-state index is 10.4. The van der Waals surface area contributed by atoms with Crippen LogP contribution in [-0.2, 0) is 0 Å². The molecule has 0 radical (unpaired) electrons. The summed E-state index contributed by atoms with van der Waals surface area (Å²) in [5, 5.41) is 11.1. The molecule has 0 spiro atoms. The molecule has 1 unspecified atom stereocenters. The normalized spacial score (nSPS) is 14.7. The molecule has 1 atom stereocenters. The van der Waals surface area contributed by atoms with Gasteiger partial charge in [0.1, 0.15) is 0 Å². The first kappa shape index (κ1) is 15.7. The van der Waals surface area contributed by atoms with Gasteiger partial charge in [-0.15, -0.1) is 0 Å². The zero-order chi connectivity index (χ0) is 15.7. The second-order valence-electron chi connectivity index (χ2n) is 5.71. The van der Waals surface area contributed by atoms with Gasteiger partial charge in [-0.2, -0.15) is 0 Å². The Balaban J connectivity index is 1.98. The molecule has 0 fully saturated rings. The van der Waals surface area contributed by atoms with Crippen LogP contribution >= 0.6 is 23.4 Å². The Morgan fingerprint density at radius 2 is 1.86 bits per heavy atom. The maximum atomic E-state index is 10.4. The fourth-order valence-electron chi connectivity index (χ4n) is 2.69. The number of aliphatic hydroxyl groups excluding tert-OH is 1. The number of halogens is 1. The summed E-state index contributed by atoms with van der Waals surface area (Å²) in [5.74, 6) is 0. The van der Waals surface area contributed by atoms with Crippen molar-refractivity contribution in [1.29, 1.82) is 0 Å². The van der Waals surface area contributed by atoms with Crippen LogP contribution in [-0.4, -0.2) is 43.3 Å². The Bertz CT molecular complexity index is 677. The Morgan fingerprint density at radius 1 is 1.14 bits per heavy atom. The van der Waals surface area contributed by atoms with Crippen LogP contribution in [0.4, 0.5) is 11.4 Å². The molecule has 0 amide bonds. The van der Waals surface area contributed by atoms with Crippen molar-refractivity contribution in [2.24, 2.45) is 0 Å². The van der Waals surface area contributed by atoms with E-state index in [0.29, 0.717) is 18.1 Å². The number of aliphatic hydroxyl groups is 1. The number of anilines is 2. The van der Waals surface area contributed by atoms with Crippen LogP contribution in [0.15, 0.2) is 52.3 Å². The lowest BCUT2D eigenvalue weighted by atomic mass is 10.2. The fraction of sp³-hybridized carbons (Fsp3) is 0.294. The van der Waals surface area contributed by atoms with Crippen LogP contribution in [0.1, 0.15) is 0 Å². The monoisotopic (exact) mass is 334 g/mol. The number of benzene rings is 2. The molecule has 2 aromatic carbocycles. The Morgan fingerprint density at radius 3 is 2.64 bits per heavy atom. The lowest BCUT2D eigenvalue weighted by Gasteiger charge is -2.34. The van der Waals surface area contributed by atoms with E-state index in [1.807, 2.05) is 49.3 Å². The molecule has 3 rings (SSSR count). The van der Waals surface area contributed by atoms with Crippen molar-refractivity contribution >= 4 is 34.7 Å². The molecule has 2 aromatic rings. The highest BCUT2D eigenvalue weighted by molar-refractivity contribution is 7.99. The highest BCUT2D eigenvalue weighted by atomic mass is 35.5. The molecular formula is C17H19ClN2OS. The second-order valence-corrected chi connectivity index (χ2v) is 7.23. The lowest BCUT2D eigenvalue weighted by molar-refractivity contribution is 0.143. The molecule has 1 N–H and O–H groups in total. The van der Waals surface area contributed by atoms with Gasteiger partial charge in [0.05, 0.1) is 24.0 Å². The first-order chi connectivity index (χ1) is 10.5. The molecule has 0 saturated heterocycles. The number of likely N-dealkylation sites (N-methyl/N-ethyl adjacent to an activating group) is 1. The highest BCUT2D eigenvalue weighted by Gasteiger charge is 2.25. The summed E-state index contributed by atoms with van der Waals surface area (Å²) in [5.41, 5.74) is 2.19. The third-order valence-corrected chi connectivity index (χ3v) is 4.92. The molecule has 0 aromatic heterocycles. The van der Waals surface area contributed by atoms with Gasteiger partial charge in [0.15, 0.2) is 0 Å². The van der Waals surface area contributed by atoms with Gasteiger partial charge in [-0.3, -0.25) is 0 Å². The van der Waals surface area contributed by atoms with E-state index < -0.39 is 6.10 Å². The molecule has 3 nitrogen and oxygen atoms in total. The van der Waals surface area contributed by atoms with Gasteiger partial charge in [-0.1, -0.05) is 35.5 Å². The summed E-state index contributed by atoms with van der Waals surface area (Å²) >= 11 is 7.93. The van der Waals surface area contributed by atoms with Gasteiger partial charge >= 0.3 is 0 Å². The smallest absolute Gasteiger partial charge is 0.0845 e. The predicted molar refractivity (Wildman–Crippen MR) is 93.6 cm³/mol. The fourth-order valence-corrected chi connectivity index (χ4v) is 3.93. The van der Waals surface area contributed by atoms with Crippen molar-refractivity contribution < 1.29 is 5.11 Å². The zero-order valence-electron chi connectivity index (χ0n) is 12.7. The molecule has 0 saturated carbocycles. The predicted octanol–water partition coefficient (Wildman–Crippen LogP) is 3.87. The minimum absolute atomic E-state index is 0.432. The van der Waals surface area contributed by atoms with Gasteiger partial charge in [0.2, 0.25) is 0 Å². The molecule has 0 aliphatic carbocycles. The Hall–Kier alpha value is -1.20. The van der Waals surface area contributed by atoms with Crippen LogP contribution in [0, 0.1) is 0 Å². The van der Waals surface area contributed by atoms with Gasteiger partial charge in [0.25, 0.3) is 0 Å².